The molecule has 0 unspecified atom stereocenters. The molecule has 0 aliphatic carbocycles. The predicted molar refractivity (Wildman–Crippen MR) is 94.9 cm³/mol. The number of amides is 2. The molecule has 0 aromatic heterocycles. The Hall–Kier alpha value is -2.61. The summed E-state index contributed by atoms with van der Waals surface area (Å²) in [6.45, 7) is 1.91. The van der Waals surface area contributed by atoms with Gasteiger partial charge in [-0.3, -0.25) is 4.79 Å². The molecule has 4 N–H and O–H groups in total. The van der Waals surface area contributed by atoms with E-state index < -0.39 is 12.0 Å². The second kappa shape index (κ2) is 10.5. The normalized spacial score (nSPS) is 22.1. The number of aliphatic carboxylic acids is 1. The number of hydrogen-bond donors (Lipinski definition) is 2. The molecule has 0 saturated carbocycles. The van der Waals surface area contributed by atoms with Crippen LogP contribution >= 0.6 is 0 Å². The monoisotopic (exact) mass is 377 g/mol. The molecule has 3 rings (SSSR count). The lowest BCUT2D eigenvalue weighted by molar-refractivity contribution is -0.421. The Morgan fingerprint density at radius 2 is 1.93 bits per heavy atom. The molecule has 0 spiro atoms. The minimum Gasteiger partial charge on any atom is -0.548 e. The molecular weight excluding hydrogens is 350 g/mol. The van der Waals surface area contributed by atoms with Crippen LogP contribution in [0.25, 0.3) is 0 Å². The Kier molecular flexibility index (Phi) is 8.06. The molecular formula is C19H27N3O5. The van der Waals surface area contributed by atoms with Crippen LogP contribution < -0.4 is 16.2 Å². The van der Waals surface area contributed by atoms with Gasteiger partial charge < -0.3 is 30.6 Å². The summed E-state index contributed by atoms with van der Waals surface area (Å²) in [6.07, 6.45) is 3.56. The fourth-order valence-corrected chi connectivity index (χ4v) is 2.95. The molecule has 2 aliphatic rings. The number of benzene rings is 1. The standard InChI is InChI=1S/C14H20N2O2.C5H7NO3/c15-13-7-4-9-16(10-8-13)14(17)18-11-12-5-2-1-3-6-12;7-4-2-1-3(6-4)5(8)9/h1-3,5-6,13H,4,7-11,15H2;3H,1-2H2,(H,6,7)(H,8,9)/t13-;3-/m00/s1. The van der Waals surface area contributed by atoms with Crippen molar-refractivity contribution in [1.29, 1.82) is 0 Å². The third kappa shape index (κ3) is 7.26. The minimum absolute atomic E-state index is 0.201. The largest absolute Gasteiger partial charge is 0.548 e. The second-order valence-electron chi connectivity index (χ2n) is 6.80. The number of carbonyl (C=O) groups excluding carboxylic acids is 3. The van der Waals surface area contributed by atoms with Gasteiger partial charge >= 0.3 is 6.09 Å². The maximum atomic E-state index is 11.9. The summed E-state index contributed by atoms with van der Waals surface area (Å²) in [5.74, 6) is -1.40. The number of nitrogens with zero attached hydrogens (tertiary/aromatic N) is 1. The van der Waals surface area contributed by atoms with E-state index in [2.05, 4.69) is 11.1 Å². The summed E-state index contributed by atoms with van der Waals surface area (Å²) in [5.41, 5.74) is 5.09. The summed E-state index contributed by atoms with van der Waals surface area (Å²) >= 11 is 0. The van der Waals surface area contributed by atoms with Crippen LogP contribution in [0.15, 0.2) is 30.3 Å². The van der Waals surface area contributed by atoms with Gasteiger partial charge in [-0.25, -0.2) is 4.79 Å². The molecule has 148 valence electrons. The van der Waals surface area contributed by atoms with E-state index in [-0.39, 0.29) is 12.0 Å². The number of carboxylic acids is 1. The molecule has 1 aromatic rings. The number of ether oxygens (including phenoxy) is 1. The molecule has 0 radical (unpaired) electrons. The summed E-state index contributed by atoms with van der Waals surface area (Å²) in [5, 5.41) is 12.3. The van der Waals surface area contributed by atoms with E-state index in [1.54, 1.807) is 4.90 Å². The molecule has 2 saturated heterocycles. The van der Waals surface area contributed by atoms with Crippen LogP contribution in [0.3, 0.4) is 0 Å². The maximum Gasteiger partial charge on any atom is 0.410 e. The fourth-order valence-electron chi connectivity index (χ4n) is 2.95. The highest BCUT2D eigenvalue weighted by molar-refractivity contribution is 5.86. The van der Waals surface area contributed by atoms with Crippen LogP contribution in [-0.2, 0) is 20.9 Å². The first-order valence-electron chi connectivity index (χ1n) is 9.24. The summed E-state index contributed by atoms with van der Waals surface area (Å²) < 4.78 is 5.32. The van der Waals surface area contributed by atoms with Gasteiger partial charge in [-0.05, 0) is 18.4 Å². The average Bonchev–Trinajstić information content (AvgIpc) is 2.99. The zero-order valence-corrected chi connectivity index (χ0v) is 15.4. The van der Waals surface area contributed by atoms with Crippen LogP contribution in [-0.4, -0.2) is 48.0 Å². The van der Waals surface area contributed by atoms with Crippen molar-refractivity contribution in [3.05, 3.63) is 35.9 Å². The Morgan fingerprint density at radius 1 is 1.19 bits per heavy atom. The molecule has 2 aliphatic heterocycles. The van der Waals surface area contributed by atoms with Gasteiger partial charge in [0.1, 0.15) is 6.61 Å². The summed E-state index contributed by atoms with van der Waals surface area (Å²) in [6, 6.07) is 9.48. The van der Waals surface area contributed by atoms with E-state index in [4.69, 9.17) is 4.74 Å². The number of carbonyl (C=O) groups is 3. The average molecular weight is 377 g/mol. The topological polar surface area (TPSA) is 126 Å². The lowest BCUT2D eigenvalue weighted by Crippen LogP contribution is -2.60. The van der Waals surface area contributed by atoms with Crippen molar-refractivity contribution in [2.24, 2.45) is 0 Å². The van der Waals surface area contributed by atoms with Crippen molar-refractivity contribution in [2.45, 2.75) is 50.8 Å². The maximum absolute atomic E-state index is 11.9. The van der Waals surface area contributed by atoms with Crippen LogP contribution in [0.5, 0.6) is 0 Å². The van der Waals surface area contributed by atoms with Crippen molar-refractivity contribution < 1.29 is 30.0 Å². The SMILES string of the molecule is O=C1CC[C@@H](C(=O)[O-])N1.[NH3+][C@H]1CCCN(C(=O)OCc2ccccc2)CC1. The van der Waals surface area contributed by atoms with E-state index in [0.717, 1.165) is 37.9 Å². The zero-order chi connectivity index (χ0) is 19.6. The number of likely N-dealkylation sites (tertiary alicyclic amines) is 1. The number of carboxylic acid groups (broad SMARTS) is 1. The number of nitrogens with one attached hydrogen (secondary N) is 1. The van der Waals surface area contributed by atoms with E-state index in [0.29, 0.717) is 25.5 Å². The molecule has 2 amide bonds. The van der Waals surface area contributed by atoms with Gasteiger partial charge in [0.2, 0.25) is 5.91 Å². The third-order valence-corrected chi connectivity index (χ3v) is 4.59. The van der Waals surface area contributed by atoms with Gasteiger partial charge in [0.05, 0.1) is 18.1 Å². The highest BCUT2D eigenvalue weighted by Crippen LogP contribution is 2.10. The van der Waals surface area contributed by atoms with Crippen LogP contribution in [0.4, 0.5) is 4.79 Å². The molecule has 2 heterocycles. The van der Waals surface area contributed by atoms with Gasteiger partial charge in [-0.2, -0.15) is 0 Å². The third-order valence-electron chi connectivity index (χ3n) is 4.59. The number of rotatable bonds is 3. The van der Waals surface area contributed by atoms with E-state index in [1.165, 1.54) is 0 Å². The van der Waals surface area contributed by atoms with Crippen LogP contribution in [0, 0.1) is 0 Å². The van der Waals surface area contributed by atoms with Crippen molar-refractivity contribution in [1.82, 2.24) is 10.2 Å². The quantitative estimate of drug-likeness (QED) is 0.730. The van der Waals surface area contributed by atoms with Crippen molar-refractivity contribution >= 4 is 18.0 Å². The molecule has 8 heteroatoms. The lowest BCUT2D eigenvalue weighted by atomic mass is 10.1. The second-order valence-corrected chi connectivity index (χ2v) is 6.80. The minimum atomic E-state index is -1.19. The Labute approximate surface area is 158 Å². The highest BCUT2D eigenvalue weighted by atomic mass is 16.6. The van der Waals surface area contributed by atoms with Crippen molar-refractivity contribution in [3.8, 4) is 0 Å². The number of quaternary nitrogens is 1. The highest BCUT2D eigenvalue weighted by Gasteiger charge is 2.21. The zero-order valence-electron chi connectivity index (χ0n) is 15.4. The predicted octanol–water partition coefficient (Wildman–Crippen LogP) is -0.565. The first-order valence-corrected chi connectivity index (χ1v) is 9.24. The first-order chi connectivity index (χ1) is 13.0. The molecule has 27 heavy (non-hydrogen) atoms. The molecule has 2 atom stereocenters. The Bertz CT molecular complexity index is 637. The van der Waals surface area contributed by atoms with E-state index >= 15 is 0 Å². The Balaban J connectivity index is 0.000000244. The van der Waals surface area contributed by atoms with E-state index in [9.17, 15) is 19.5 Å². The molecule has 8 nitrogen and oxygen atoms in total. The van der Waals surface area contributed by atoms with Gasteiger partial charge in [0.25, 0.3) is 0 Å². The molecule has 2 fully saturated rings. The van der Waals surface area contributed by atoms with Gasteiger partial charge in [-0.1, -0.05) is 30.3 Å². The van der Waals surface area contributed by atoms with Gasteiger partial charge in [0.15, 0.2) is 0 Å². The first kappa shape index (κ1) is 20.7. The van der Waals surface area contributed by atoms with Gasteiger partial charge in [-0.15, -0.1) is 0 Å². The van der Waals surface area contributed by atoms with E-state index in [1.807, 2.05) is 30.3 Å². The fraction of sp³-hybridized carbons (Fsp3) is 0.526. The van der Waals surface area contributed by atoms with Crippen molar-refractivity contribution in [3.63, 3.8) is 0 Å². The smallest absolute Gasteiger partial charge is 0.410 e. The van der Waals surface area contributed by atoms with Crippen LogP contribution in [0.2, 0.25) is 0 Å². The number of hydrogen-bond acceptors (Lipinski definition) is 5. The van der Waals surface area contributed by atoms with Gasteiger partial charge in [0, 0.05) is 32.4 Å². The summed E-state index contributed by atoms with van der Waals surface area (Å²) in [7, 11) is 0. The van der Waals surface area contributed by atoms with Crippen molar-refractivity contribution in [2.75, 3.05) is 13.1 Å². The molecule has 1 aromatic carbocycles. The molecule has 0 bridgehead atoms. The lowest BCUT2D eigenvalue weighted by Gasteiger charge is -2.19. The summed E-state index contributed by atoms with van der Waals surface area (Å²) in [4.78, 5) is 34.1. The van der Waals surface area contributed by atoms with Crippen LogP contribution in [0.1, 0.15) is 37.7 Å². The Morgan fingerprint density at radius 3 is 2.52 bits per heavy atom.